The van der Waals surface area contributed by atoms with Gasteiger partial charge in [0.2, 0.25) is 5.82 Å². The monoisotopic (exact) mass is 245 g/mol. The van der Waals surface area contributed by atoms with E-state index in [0.29, 0.717) is 5.56 Å². The molecule has 0 spiro atoms. The van der Waals surface area contributed by atoms with Gasteiger partial charge in [0.05, 0.1) is 4.92 Å². The Morgan fingerprint density at radius 1 is 1.33 bits per heavy atom. The molecule has 2 aromatic heterocycles. The molecule has 0 aromatic carbocycles. The maximum atomic E-state index is 11.1. The van der Waals surface area contributed by atoms with Crippen molar-refractivity contribution in [2.24, 2.45) is 0 Å². The van der Waals surface area contributed by atoms with E-state index in [-0.39, 0.29) is 17.2 Å². The van der Waals surface area contributed by atoms with E-state index in [4.69, 9.17) is 0 Å². The highest BCUT2D eigenvalue weighted by Gasteiger charge is 2.23. The van der Waals surface area contributed by atoms with Gasteiger partial charge in [-0.1, -0.05) is 0 Å². The van der Waals surface area contributed by atoms with Crippen LogP contribution in [0.3, 0.4) is 0 Å². The first-order valence-corrected chi connectivity index (χ1v) is 5.23. The molecule has 2 aromatic rings. The Kier molecular flexibility index (Phi) is 3.13. The summed E-state index contributed by atoms with van der Waals surface area (Å²) < 4.78 is 0. The summed E-state index contributed by atoms with van der Waals surface area (Å²) in [5, 5.41) is 13.8. The average Bonchev–Trinajstić information content (AvgIpc) is 2.37. The topological polar surface area (TPSA) is 93.8 Å². The van der Waals surface area contributed by atoms with Gasteiger partial charge in [-0.25, -0.2) is 9.97 Å². The standard InChI is InChI=1S/C11H11N5O2/c1-7-5-8(3-4-13-7)9-10(16(17)18)11(12-2)15-6-14-9/h3-6H,1-2H3,(H,12,14,15). The smallest absolute Gasteiger partial charge is 0.337 e. The van der Waals surface area contributed by atoms with E-state index in [1.165, 1.54) is 6.33 Å². The minimum Gasteiger partial charge on any atom is -0.367 e. The number of nitro groups is 1. The van der Waals surface area contributed by atoms with Crippen LogP contribution >= 0.6 is 0 Å². The second-order valence-electron chi connectivity index (χ2n) is 3.61. The zero-order valence-electron chi connectivity index (χ0n) is 9.91. The Morgan fingerprint density at radius 2 is 2.11 bits per heavy atom. The number of hydrogen-bond donors (Lipinski definition) is 1. The van der Waals surface area contributed by atoms with Gasteiger partial charge < -0.3 is 5.32 Å². The summed E-state index contributed by atoms with van der Waals surface area (Å²) >= 11 is 0. The molecule has 0 aliphatic carbocycles. The van der Waals surface area contributed by atoms with Crippen LogP contribution < -0.4 is 5.32 Å². The Labute approximate surface area is 103 Å². The lowest BCUT2D eigenvalue weighted by atomic mass is 10.1. The van der Waals surface area contributed by atoms with Crippen molar-refractivity contribution in [3.63, 3.8) is 0 Å². The summed E-state index contributed by atoms with van der Waals surface area (Å²) in [6.07, 6.45) is 2.89. The fourth-order valence-corrected chi connectivity index (χ4v) is 1.64. The molecule has 2 rings (SSSR count). The zero-order valence-corrected chi connectivity index (χ0v) is 9.91. The van der Waals surface area contributed by atoms with Crippen LogP contribution in [0.15, 0.2) is 24.7 Å². The number of nitrogens with zero attached hydrogens (tertiary/aromatic N) is 4. The van der Waals surface area contributed by atoms with Gasteiger partial charge in [0.25, 0.3) is 0 Å². The van der Waals surface area contributed by atoms with Gasteiger partial charge in [0.15, 0.2) is 5.69 Å². The van der Waals surface area contributed by atoms with Crippen molar-refractivity contribution in [2.75, 3.05) is 12.4 Å². The second-order valence-corrected chi connectivity index (χ2v) is 3.61. The molecule has 0 saturated carbocycles. The summed E-state index contributed by atoms with van der Waals surface area (Å²) in [5.74, 6) is 0.194. The molecule has 0 unspecified atom stereocenters. The van der Waals surface area contributed by atoms with E-state index in [1.54, 1.807) is 25.4 Å². The maximum Gasteiger partial charge on any atom is 0.337 e. The van der Waals surface area contributed by atoms with Crippen LogP contribution in [-0.4, -0.2) is 26.9 Å². The molecule has 0 amide bonds. The predicted octanol–water partition coefficient (Wildman–Crippen LogP) is 1.80. The summed E-state index contributed by atoms with van der Waals surface area (Å²) in [6, 6.07) is 3.43. The van der Waals surface area contributed by atoms with Gasteiger partial charge in [-0.2, -0.15) is 0 Å². The maximum absolute atomic E-state index is 11.1. The average molecular weight is 245 g/mol. The van der Waals surface area contributed by atoms with Crippen molar-refractivity contribution in [3.05, 3.63) is 40.5 Å². The molecule has 7 nitrogen and oxygen atoms in total. The van der Waals surface area contributed by atoms with Gasteiger partial charge in [-0.15, -0.1) is 0 Å². The highest BCUT2D eigenvalue weighted by Crippen LogP contribution is 2.32. The fourth-order valence-electron chi connectivity index (χ4n) is 1.64. The molecule has 18 heavy (non-hydrogen) atoms. The van der Waals surface area contributed by atoms with Crippen LogP contribution in [0, 0.1) is 17.0 Å². The van der Waals surface area contributed by atoms with E-state index in [2.05, 4.69) is 20.3 Å². The highest BCUT2D eigenvalue weighted by atomic mass is 16.6. The Hall–Kier alpha value is -2.57. The third kappa shape index (κ3) is 2.10. The van der Waals surface area contributed by atoms with Gasteiger partial charge in [0, 0.05) is 24.5 Å². The first-order valence-electron chi connectivity index (χ1n) is 5.23. The highest BCUT2D eigenvalue weighted by molar-refractivity contribution is 5.76. The molecule has 92 valence electrons. The number of aryl methyl sites for hydroxylation is 1. The third-order valence-corrected chi connectivity index (χ3v) is 2.41. The molecule has 2 heterocycles. The molecule has 7 heteroatoms. The van der Waals surface area contributed by atoms with Crippen molar-refractivity contribution in [1.82, 2.24) is 15.0 Å². The summed E-state index contributed by atoms with van der Waals surface area (Å²) in [7, 11) is 1.58. The van der Waals surface area contributed by atoms with E-state index >= 15 is 0 Å². The molecule has 0 fully saturated rings. The molecule has 0 radical (unpaired) electrons. The SMILES string of the molecule is CNc1ncnc(-c2ccnc(C)c2)c1[N+](=O)[O-]. The summed E-state index contributed by atoms with van der Waals surface area (Å²) in [4.78, 5) is 22.5. The number of nitrogens with one attached hydrogen (secondary N) is 1. The van der Waals surface area contributed by atoms with E-state index in [0.717, 1.165) is 5.69 Å². The molecule has 0 aliphatic heterocycles. The molecule has 0 atom stereocenters. The lowest BCUT2D eigenvalue weighted by molar-refractivity contribution is -0.383. The number of aromatic nitrogens is 3. The minimum atomic E-state index is -0.489. The third-order valence-electron chi connectivity index (χ3n) is 2.41. The normalized spacial score (nSPS) is 10.1. The molecular weight excluding hydrogens is 234 g/mol. The second kappa shape index (κ2) is 4.74. The van der Waals surface area contributed by atoms with Crippen LogP contribution in [-0.2, 0) is 0 Å². The largest absolute Gasteiger partial charge is 0.367 e. The fraction of sp³-hybridized carbons (Fsp3) is 0.182. The van der Waals surface area contributed by atoms with Gasteiger partial charge >= 0.3 is 5.69 Å². The van der Waals surface area contributed by atoms with Gasteiger partial charge in [0.1, 0.15) is 6.33 Å². The number of pyridine rings is 1. The van der Waals surface area contributed by atoms with Gasteiger partial charge in [-0.3, -0.25) is 15.1 Å². The lowest BCUT2D eigenvalue weighted by Crippen LogP contribution is -2.03. The first-order chi connectivity index (χ1) is 8.63. The lowest BCUT2D eigenvalue weighted by Gasteiger charge is -2.06. The minimum absolute atomic E-state index is 0.134. The molecular formula is C11H11N5O2. The molecule has 0 saturated heterocycles. The summed E-state index contributed by atoms with van der Waals surface area (Å²) in [5.41, 5.74) is 1.56. The van der Waals surface area contributed by atoms with Gasteiger partial charge in [-0.05, 0) is 19.1 Å². The Morgan fingerprint density at radius 3 is 2.72 bits per heavy atom. The Bertz CT molecular complexity index is 600. The van der Waals surface area contributed by atoms with E-state index < -0.39 is 4.92 Å². The van der Waals surface area contributed by atoms with Crippen LogP contribution in [0.5, 0.6) is 0 Å². The van der Waals surface area contributed by atoms with Crippen molar-refractivity contribution in [1.29, 1.82) is 0 Å². The quantitative estimate of drug-likeness (QED) is 0.654. The van der Waals surface area contributed by atoms with Crippen LogP contribution in [0.2, 0.25) is 0 Å². The Balaban J connectivity index is 2.67. The molecule has 0 bridgehead atoms. The van der Waals surface area contributed by atoms with Crippen molar-refractivity contribution in [2.45, 2.75) is 6.92 Å². The van der Waals surface area contributed by atoms with Crippen molar-refractivity contribution < 1.29 is 4.92 Å². The van der Waals surface area contributed by atoms with E-state index in [9.17, 15) is 10.1 Å². The number of anilines is 1. The zero-order chi connectivity index (χ0) is 13.1. The number of rotatable bonds is 3. The molecule has 1 N–H and O–H groups in total. The summed E-state index contributed by atoms with van der Waals surface area (Å²) in [6.45, 7) is 1.81. The first kappa shape index (κ1) is 11.9. The van der Waals surface area contributed by atoms with Crippen molar-refractivity contribution in [3.8, 4) is 11.3 Å². The molecule has 0 aliphatic rings. The van der Waals surface area contributed by atoms with Crippen LogP contribution in [0.1, 0.15) is 5.69 Å². The van der Waals surface area contributed by atoms with Crippen LogP contribution in [0.25, 0.3) is 11.3 Å². The van der Waals surface area contributed by atoms with Crippen LogP contribution in [0.4, 0.5) is 11.5 Å². The predicted molar refractivity (Wildman–Crippen MR) is 66.2 cm³/mol. The number of hydrogen-bond acceptors (Lipinski definition) is 6. The van der Waals surface area contributed by atoms with E-state index in [1.807, 2.05) is 6.92 Å². The van der Waals surface area contributed by atoms with Crippen molar-refractivity contribution >= 4 is 11.5 Å².